The molecule has 23 heavy (non-hydrogen) atoms. The molecule has 0 aliphatic heterocycles. The van der Waals surface area contributed by atoms with Crippen molar-refractivity contribution >= 4 is 57.1 Å². The molecule has 0 unspecified atom stereocenters. The van der Waals surface area contributed by atoms with Gasteiger partial charge >= 0.3 is 0 Å². The van der Waals surface area contributed by atoms with Crippen LogP contribution in [0.4, 0.5) is 15.2 Å². The standard InChI is InChI=1S/C15H10Cl2FN3S2/c16-10-4-3-5-11(17)9(10)8-22-15-21-20-14(23-15)19-13-7-2-1-6-12(13)18/h1-7H,8H2,(H,19,20). The molecule has 1 heterocycles. The summed E-state index contributed by atoms with van der Waals surface area (Å²) in [6, 6.07) is 11.8. The highest BCUT2D eigenvalue weighted by molar-refractivity contribution is 8.00. The summed E-state index contributed by atoms with van der Waals surface area (Å²) in [6.45, 7) is 0. The zero-order valence-electron chi connectivity index (χ0n) is 11.6. The Labute approximate surface area is 150 Å². The number of hydrogen-bond donors (Lipinski definition) is 1. The van der Waals surface area contributed by atoms with Crippen molar-refractivity contribution in [3.8, 4) is 0 Å². The van der Waals surface area contributed by atoms with Crippen LogP contribution >= 0.6 is 46.3 Å². The van der Waals surface area contributed by atoms with Crippen molar-refractivity contribution < 1.29 is 4.39 Å². The van der Waals surface area contributed by atoms with E-state index >= 15 is 0 Å². The first-order valence-corrected chi connectivity index (χ1v) is 9.10. The van der Waals surface area contributed by atoms with E-state index in [2.05, 4.69) is 15.5 Å². The molecule has 118 valence electrons. The third kappa shape index (κ3) is 4.14. The van der Waals surface area contributed by atoms with Gasteiger partial charge in [-0.3, -0.25) is 0 Å². The van der Waals surface area contributed by atoms with Crippen LogP contribution < -0.4 is 5.32 Å². The number of thioether (sulfide) groups is 1. The summed E-state index contributed by atoms with van der Waals surface area (Å²) in [4.78, 5) is 0. The van der Waals surface area contributed by atoms with E-state index in [9.17, 15) is 4.39 Å². The quantitative estimate of drug-likeness (QED) is 0.544. The summed E-state index contributed by atoms with van der Waals surface area (Å²) in [5, 5.41) is 12.8. The zero-order chi connectivity index (χ0) is 16.2. The molecular weight excluding hydrogens is 376 g/mol. The molecule has 0 aliphatic carbocycles. The zero-order valence-corrected chi connectivity index (χ0v) is 14.7. The Morgan fingerprint density at radius 1 is 1.04 bits per heavy atom. The van der Waals surface area contributed by atoms with Crippen molar-refractivity contribution in [1.82, 2.24) is 10.2 Å². The molecule has 3 rings (SSSR count). The lowest BCUT2D eigenvalue weighted by atomic mass is 10.2. The summed E-state index contributed by atoms with van der Waals surface area (Å²) < 4.78 is 14.3. The van der Waals surface area contributed by atoms with Gasteiger partial charge in [-0.15, -0.1) is 10.2 Å². The number of anilines is 2. The van der Waals surface area contributed by atoms with Crippen molar-refractivity contribution in [1.29, 1.82) is 0 Å². The molecule has 0 atom stereocenters. The molecule has 0 bridgehead atoms. The third-order valence-corrected chi connectivity index (χ3v) is 5.63. The average Bonchev–Trinajstić information content (AvgIpc) is 2.97. The lowest BCUT2D eigenvalue weighted by Crippen LogP contribution is -1.92. The van der Waals surface area contributed by atoms with Crippen LogP contribution in [-0.2, 0) is 5.75 Å². The number of benzene rings is 2. The van der Waals surface area contributed by atoms with E-state index in [1.165, 1.54) is 29.2 Å². The second-order valence-electron chi connectivity index (χ2n) is 4.47. The third-order valence-electron chi connectivity index (χ3n) is 2.92. The van der Waals surface area contributed by atoms with Crippen LogP contribution in [0.3, 0.4) is 0 Å². The van der Waals surface area contributed by atoms with Crippen LogP contribution in [0.2, 0.25) is 10.0 Å². The maximum absolute atomic E-state index is 13.6. The molecule has 0 radical (unpaired) electrons. The van der Waals surface area contributed by atoms with E-state index < -0.39 is 0 Å². The number of hydrogen-bond acceptors (Lipinski definition) is 5. The van der Waals surface area contributed by atoms with Crippen molar-refractivity contribution in [3.05, 3.63) is 63.9 Å². The fraction of sp³-hybridized carbons (Fsp3) is 0.0667. The molecule has 0 aliphatic rings. The minimum Gasteiger partial charge on any atom is -0.328 e. The monoisotopic (exact) mass is 385 g/mol. The first-order chi connectivity index (χ1) is 11.1. The van der Waals surface area contributed by atoms with Crippen molar-refractivity contribution in [2.75, 3.05) is 5.32 Å². The molecule has 0 spiro atoms. The molecular formula is C15H10Cl2FN3S2. The van der Waals surface area contributed by atoms with Gasteiger partial charge in [-0.05, 0) is 29.8 Å². The highest BCUT2D eigenvalue weighted by Gasteiger charge is 2.10. The Morgan fingerprint density at radius 3 is 2.52 bits per heavy atom. The molecule has 1 aromatic heterocycles. The average molecular weight is 386 g/mol. The minimum atomic E-state index is -0.334. The van der Waals surface area contributed by atoms with Gasteiger partial charge in [-0.2, -0.15) is 0 Å². The topological polar surface area (TPSA) is 37.8 Å². The molecule has 3 aromatic rings. The number of nitrogens with zero attached hydrogens (tertiary/aromatic N) is 2. The summed E-state index contributed by atoms with van der Waals surface area (Å²) in [5.41, 5.74) is 1.23. The summed E-state index contributed by atoms with van der Waals surface area (Å²) >= 11 is 15.1. The van der Waals surface area contributed by atoms with Crippen molar-refractivity contribution in [2.24, 2.45) is 0 Å². The Morgan fingerprint density at radius 2 is 1.78 bits per heavy atom. The Hall–Kier alpha value is -1.34. The molecule has 0 saturated heterocycles. The van der Waals surface area contributed by atoms with Crippen molar-refractivity contribution in [3.63, 3.8) is 0 Å². The van der Waals surface area contributed by atoms with Gasteiger partial charge in [0.2, 0.25) is 5.13 Å². The number of nitrogens with one attached hydrogen (secondary N) is 1. The molecule has 8 heteroatoms. The number of halogens is 3. The van der Waals surface area contributed by atoms with Crippen LogP contribution in [0, 0.1) is 5.82 Å². The van der Waals surface area contributed by atoms with Gasteiger partial charge < -0.3 is 5.32 Å². The second kappa shape index (κ2) is 7.49. The fourth-order valence-corrected chi connectivity index (χ4v) is 4.31. The van der Waals surface area contributed by atoms with E-state index in [1.807, 2.05) is 0 Å². The molecule has 0 amide bonds. The molecule has 3 nitrogen and oxygen atoms in total. The van der Waals surface area contributed by atoms with Gasteiger partial charge in [-0.1, -0.05) is 64.5 Å². The molecule has 2 aromatic carbocycles. The molecule has 1 N–H and O–H groups in total. The first kappa shape index (κ1) is 16.5. The molecule has 0 fully saturated rings. The van der Waals surface area contributed by atoms with Crippen molar-refractivity contribution in [2.45, 2.75) is 10.1 Å². The highest BCUT2D eigenvalue weighted by atomic mass is 35.5. The second-order valence-corrected chi connectivity index (χ2v) is 7.48. The maximum Gasteiger partial charge on any atom is 0.210 e. The lowest BCUT2D eigenvalue weighted by Gasteiger charge is -2.04. The summed E-state index contributed by atoms with van der Waals surface area (Å²) in [6.07, 6.45) is 0. The Balaban J connectivity index is 1.67. The number of aromatic nitrogens is 2. The van der Waals surface area contributed by atoms with E-state index in [0.717, 1.165) is 9.90 Å². The first-order valence-electron chi connectivity index (χ1n) is 6.54. The van der Waals surface area contributed by atoms with Crippen LogP contribution in [0.1, 0.15) is 5.56 Å². The normalized spacial score (nSPS) is 10.7. The van der Waals surface area contributed by atoms with E-state index in [-0.39, 0.29) is 5.82 Å². The van der Waals surface area contributed by atoms with Crippen LogP contribution in [0.15, 0.2) is 46.8 Å². The number of para-hydroxylation sites is 1. The van der Waals surface area contributed by atoms with Crippen LogP contribution in [0.5, 0.6) is 0 Å². The predicted molar refractivity (Wildman–Crippen MR) is 95.6 cm³/mol. The highest BCUT2D eigenvalue weighted by Crippen LogP contribution is 2.34. The lowest BCUT2D eigenvalue weighted by molar-refractivity contribution is 0.632. The Bertz CT molecular complexity index is 806. The molecule has 0 saturated carbocycles. The summed E-state index contributed by atoms with van der Waals surface area (Å²) in [5.74, 6) is 0.257. The maximum atomic E-state index is 13.6. The Kier molecular flexibility index (Phi) is 5.38. The van der Waals surface area contributed by atoms with Crippen LogP contribution in [0.25, 0.3) is 0 Å². The van der Waals surface area contributed by atoms with E-state index in [1.54, 1.807) is 36.4 Å². The van der Waals surface area contributed by atoms with E-state index in [4.69, 9.17) is 23.2 Å². The van der Waals surface area contributed by atoms with Gasteiger partial charge in [0.05, 0.1) is 5.69 Å². The van der Waals surface area contributed by atoms with Crippen LogP contribution in [-0.4, -0.2) is 10.2 Å². The summed E-state index contributed by atoms with van der Waals surface area (Å²) in [7, 11) is 0. The van der Waals surface area contributed by atoms with Gasteiger partial charge in [0, 0.05) is 15.8 Å². The smallest absolute Gasteiger partial charge is 0.210 e. The largest absolute Gasteiger partial charge is 0.328 e. The van der Waals surface area contributed by atoms with Gasteiger partial charge in [0.15, 0.2) is 4.34 Å². The van der Waals surface area contributed by atoms with Gasteiger partial charge in [0.25, 0.3) is 0 Å². The van der Waals surface area contributed by atoms with Gasteiger partial charge in [0.1, 0.15) is 5.82 Å². The number of rotatable bonds is 5. The van der Waals surface area contributed by atoms with Gasteiger partial charge in [-0.25, -0.2) is 4.39 Å². The fourth-order valence-electron chi connectivity index (χ4n) is 1.80. The predicted octanol–water partition coefficient (Wildman–Crippen LogP) is 6.02. The SMILES string of the molecule is Fc1ccccc1Nc1nnc(SCc2c(Cl)cccc2Cl)s1. The minimum absolute atomic E-state index is 0.334. The van der Waals surface area contributed by atoms with E-state index in [0.29, 0.717) is 26.6 Å².